The summed E-state index contributed by atoms with van der Waals surface area (Å²) in [5.41, 5.74) is -0.0274. The summed E-state index contributed by atoms with van der Waals surface area (Å²) in [6, 6.07) is -0.542. The van der Waals surface area contributed by atoms with E-state index < -0.39 is 24.4 Å². The molecule has 208 valence electrons. The molecule has 3 amide bonds. The van der Waals surface area contributed by atoms with Gasteiger partial charge in [-0.05, 0) is 24.7 Å². The number of fused-ring (bicyclic) bond motifs is 6. The maximum absolute atomic E-state index is 13.8. The molecule has 0 radical (unpaired) electrons. The second-order valence-corrected chi connectivity index (χ2v) is 12.7. The molecule has 5 aliphatic rings. The Balaban J connectivity index is 1.41. The number of hydrogen-bond donors (Lipinski definition) is 3. The zero-order valence-corrected chi connectivity index (χ0v) is 22.2. The van der Waals surface area contributed by atoms with Crippen LogP contribution in [0.4, 0.5) is 0 Å². The second kappa shape index (κ2) is 10.4. The minimum atomic E-state index is -1.22. The Morgan fingerprint density at radius 1 is 1.05 bits per heavy atom. The van der Waals surface area contributed by atoms with E-state index in [0.717, 1.165) is 12.8 Å². The van der Waals surface area contributed by atoms with Crippen LogP contribution in [0.3, 0.4) is 0 Å². The number of morpholine rings is 1. The highest BCUT2D eigenvalue weighted by atomic mass is 16.5. The fourth-order valence-electron chi connectivity index (χ4n) is 6.21. The van der Waals surface area contributed by atoms with Crippen LogP contribution >= 0.6 is 0 Å². The molecule has 0 unspecified atom stereocenters. The van der Waals surface area contributed by atoms with Crippen molar-refractivity contribution in [1.29, 1.82) is 0 Å². The number of ether oxygens (including phenoxy) is 2. The van der Waals surface area contributed by atoms with E-state index in [2.05, 4.69) is 31.0 Å². The van der Waals surface area contributed by atoms with Gasteiger partial charge in [-0.1, -0.05) is 20.8 Å². The molecule has 7 atom stereocenters. The lowest BCUT2D eigenvalue weighted by molar-refractivity contribution is -0.147. The van der Waals surface area contributed by atoms with Crippen LogP contribution in [0.15, 0.2) is 0 Å². The van der Waals surface area contributed by atoms with E-state index in [1.54, 1.807) is 4.90 Å². The van der Waals surface area contributed by atoms with E-state index in [1.807, 2.05) is 4.90 Å². The number of hydrogen-bond acceptors (Lipinski definition) is 8. The largest absolute Gasteiger partial charge is 0.388 e. The number of rotatable bonds is 2. The Bertz CT molecular complexity index is 891. The van der Waals surface area contributed by atoms with Crippen molar-refractivity contribution in [3.8, 4) is 0 Å². The molecule has 3 N–H and O–H groups in total. The van der Waals surface area contributed by atoms with E-state index in [9.17, 15) is 24.6 Å². The van der Waals surface area contributed by atoms with Gasteiger partial charge in [-0.3, -0.25) is 19.3 Å². The highest BCUT2D eigenvalue weighted by molar-refractivity contribution is 5.83. The smallest absolute Gasteiger partial charge is 0.240 e. The molecule has 4 saturated heterocycles. The first-order valence-electron chi connectivity index (χ1n) is 13.7. The Morgan fingerprint density at radius 3 is 2.49 bits per heavy atom. The molecule has 1 saturated carbocycles. The standard InChI is InChI=1S/C26H42N4O7/c1-26(2,3)14-30-10-16-8-18(30)25(35)28-6-7-36-17(11-28)12-29(24(34)15-4-5-15)13-20-23(33)22(32)19(37-20)9-21(31)27-16/h15-20,22-23,32-33H,4-14H2,1-3H3,(H,27,31)/t16-,17-,18-,19-,20+,22-,23+/m0/s1. The summed E-state index contributed by atoms with van der Waals surface area (Å²) in [7, 11) is 0. The molecule has 11 heteroatoms. The number of likely N-dealkylation sites (tertiary alicyclic amines) is 1. The number of carbonyl (C=O) groups is 3. The van der Waals surface area contributed by atoms with Crippen LogP contribution in [0.2, 0.25) is 0 Å². The second-order valence-electron chi connectivity index (χ2n) is 12.7. The molecule has 5 rings (SSSR count). The summed E-state index contributed by atoms with van der Waals surface area (Å²) < 4.78 is 12.0. The zero-order chi connectivity index (χ0) is 26.5. The monoisotopic (exact) mass is 522 g/mol. The Morgan fingerprint density at radius 2 is 1.78 bits per heavy atom. The van der Waals surface area contributed by atoms with Crippen LogP contribution in [0, 0.1) is 11.3 Å². The predicted octanol–water partition coefficient (Wildman–Crippen LogP) is -1.05. The molecule has 0 spiro atoms. The van der Waals surface area contributed by atoms with Gasteiger partial charge in [-0.25, -0.2) is 0 Å². The van der Waals surface area contributed by atoms with Crippen molar-refractivity contribution in [1.82, 2.24) is 20.0 Å². The summed E-state index contributed by atoms with van der Waals surface area (Å²) in [4.78, 5) is 45.5. The summed E-state index contributed by atoms with van der Waals surface area (Å²) in [6.45, 7) is 9.31. The fourth-order valence-corrected chi connectivity index (χ4v) is 6.21. The van der Waals surface area contributed by atoms with Crippen molar-refractivity contribution in [3.63, 3.8) is 0 Å². The van der Waals surface area contributed by atoms with Gasteiger partial charge in [0.15, 0.2) is 0 Å². The van der Waals surface area contributed by atoms with Crippen LogP contribution in [-0.4, -0.2) is 131 Å². The molecule has 0 aromatic rings. The zero-order valence-electron chi connectivity index (χ0n) is 22.2. The molecule has 6 bridgehead atoms. The number of aliphatic hydroxyl groups excluding tert-OH is 2. The highest BCUT2D eigenvalue weighted by Gasteiger charge is 2.47. The molecule has 4 aliphatic heterocycles. The maximum atomic E-state index is 13.8. The maximum Gasteiger partial charge on any atom is 0.240 e. The third kappa shape index (κ3) is 6.11. The normalized spacial score (nSPS) is 38.1. The van der Waals surface area contributed by atoms with Gasteiger partial charge in [0.2, 0.25) is 17.7 Å². The van der Waals surface area contributed by atoms with Crippen molar-refractivity contribution in [2.75, 3.05) is 45.9 Å². The Hall–Kier alpha value is -1.79. The first-order valence-corrected chi connectivity index (χ1v) is 13.7. The SMILES string of the molecule is CC(C)(C)CN1C[C@@H]2C[C@H]1C(=O)N1CCO[C@H](CN(C(=O)C3CC3)C[C@H]3O[C@@H](CC(=O)N2)[C@H](O)[C@@H]3O)C1. The van der Waals surface area contributed by atoms with Crippen LogP contribution in [0.5, 0.6) is 0 Å². The van der Waals surface area contributed by atoms with Gasteiger partial charge in [0, 0.05) is 51.2 Å². The molecular weight excluding hydrogens is 480 g/mol. The van der Waals surface area contributed by atoms with Crippen LogP contribution in [0.25, 0.3) is 0 Å². The van der Waals surface area contributed by atoms with Crippen molar-refractivity contribution < 1.29 is 34.1 Å². The van der Waals surface area contributed by atoms with E-state index in [0.29, 0.717) is 39.2 Å². The van der Waals surface area contributed by atoms with Crippen molar-refractivity contribution in [3.05, 3.63) is 0 Å². The number of carbonyl (C=O) groups excluding carboxylic acids is 3. The summed E-state index contributed by atoms with van der Waals surface area (Å²) in [5.74, 6) is -0.307. The van der Waals surface area contributed by atoms with E-state index in [1.165, 1.54) is 0 Å². The van der Waals surface area contributed by atoms with Crippen LogP contribution < -0.4 is 5.32 Å². The van der Waals surface area contributed by atoms with Gasteiger partial charge in [0.1, 0.15) is 18.3 Å². The summed E-state index contributed by atoms with van der Waals surface area (Å²) in [5, 5.41) is 24.4. The molecule has 0 aromatic heterocycles. The first kappa shape index (κ1) is 26.8. The topological polar surface area (TPSA) is 132 Å². The van der Waals surface area contributed by atoms with Gasteiger partial charge in [-0.2, -0.15) is 0 Å². The number of nitrogens with zero attached hydrogens (tertiary/aromatic N) is 3. The van der Waals surface area contributed by atoms with Crippen molar-refractivity contribution in [2.24, 2.45) is 11.3 Å². The number of aliphatic hydroxyl groups is 2. The average molecular weight is 523 g/mol. The van der Waals surface area contributed by atoms with Gasteiger partial charge >= 0.3 is 0 Å². The highest BCUT2D eigenvalue weighted by Crippen LogP contribution is 2.33. The van der Waals surface area contributed by atoms with Crippen LogP contribution in [0.1, 0.15) is 46.5 Å². The quantitative estimate of drug-likeness (QED) is 0.419. The lowest BCUT2D eigenvalue weighted by Gasteiger charge is -2.39. The van der Waals surface area contributed by atoms with E-state index in [4.69, 9.17) is 9.47 Å². The third-order valence-electron chi connectivity index (χ3n) is 8.09. The average Bonchev–Trinajstić information content (AvgIpc) is 3.56. The van der Waals surface area contributed by atoms with Crippen molar-refractivity contribution in [2.45, 2.75) is 89.1 Å². The third-order valence-corrected chi connectivity index (χ3v) is 8.09. The van der Waals surface area contributed by atoms with E-state index in [-0.39, 0.29) is 66.8 Å². The van der Waals surface area contributed by atoms with Crippen molar-refractivity contribution >= 4 is 17.7 Å². The molecule has 11 nitrogen and oxygen atoms in total. The van der Waals surface area contributed by atoms with Gasteiger partial charge < -0.3 is 34.8 Å². The Kier molecular flexibility index (Phi) is 7.54. The Labute approximate surface area is 218 Å². The molecule has 4 heterocycles. The molecule has 5 fully saturated rings. The van der Waals surface area contributed by atoms with E-state index >= 15 is 0 Å². The first-order chi connectivity index (χ1) is 17.5. The van der Waals surface area contributed by atoms with Gasteiger partial charge in [0.25, 0.3) is 0 Å². The number of nitrogens with one attached hydrogen (secondary N) is 1. The molecule has 0 aromatic carbocycles. The predicted molar refractivity (Wildman–Crippen MR) is 132 cm³/mol. The molecule has 37 heavy (non-hydrogen) atoms. The fraction of sp³-hybridized carbons (Fsp3) is 0.885. The summed E-state index contributed by atoms with van der Waals surface area (Å²) in [6.07, 6.45) is -2.37. The molecular formula is C26H42N4O7. The lowest BCUT2D eigenvalue weighted by Crippen LogP contribution is -2.56. The lowest BCUT2D eigenvalue weighted by atomic mass is 9.95. The van der Waals surface area contributed by atoms with Gasteiger partial charge in [0.05, 0.1) is 31.3 Å². The minimum absolute atomic E-state index is 0.0189. The van der Waals surface area contributed by atoms with Crippen LogP contribution in [-0.2, 0) is 23.9 Å². The summed E-state index contributed by atoms with van der Waals surface area (Å²) >= 11 is 0. The van der Waals surface area contributed by atoms with Gasteiger partial charge in [-0.15, -0.1) is 0 Å². The molecule has 1 aliphatic carbocycles. The number of amides is 3. The minimum Gasteiger partial charge on any atom is -0.388 e.